The van der Waals surface area contributed by atoms with E-state index in [1.54, 1.807) is 30.3 Å². The molecule has 4 rings (SSSR count). The van der Waals surface area contributed by atoms with E-state index in [2.05, 4.69) is 4.90 Å². The largest absolute Gasteiger partial charge is 0.493 e. The number of rotatable bonds is 8. The van der Waals surface area contributed by atoms with E-state index in [-0.39, 0.29) is 30.3 Å². The zero-order valence-electron chi connectivity index (χ0n) is 20.4. The summed E-state index contributed by atoms with van der Waals surface area (Å²) in [5.41, 5.74) is 1.25. The van der Waals surface area contributed by atoms with Crippen molar-refractivity contribution >= 4 is 18.0 Å². The smallest absolute Gasteiger partial charge is 0.338 e. The topological polar surface area (TPSA) is 83.5 Å². The van der Waals surface area contributed by atoms with Crippen LogP contribution in [0.4, 0.5) is 0 Å². The SMILES string of the molecule is COc1cc(/C=C/C(=O)OC2CC3C[C@H](OC(=O)c4ccccc4)C(C2)N3C)cc(OC)c1OC. The molecule has 2 bridgehead atoms. The van der Waals surface area contributed by atoms with E-state index in [0.29, 0.717) is 41.2 Å². The predicted molar refractivity (Wildman–Crippen MR) is 130 cm³/mol. The molecular weight excluding hydrogens is 450 g/mol. The van der Waals surface area contributed by atoms with Crippen molar-refractivity contribution in [2.24, 2.45) is 0 Å². The van der Waals surface area contributed by atoms with Crippen LogP contribution in [0.3, 0.4) is 0 Å². The summed E-state index contributed by atoms with van der Waals surface area (Å²) in [5, 5.41) is 0. The van der Waals surface area contributed by atoms with Crippen LogP contribution in [0.25, 0.3) is 6.08 Å². The maximum atomic E-state index is 12.6. The monoisotopic (exact) mass is 481 g/mol. The first-order chi connectivity index (χ1) is 16.9. The maximum Gasteiger partial charge on any atom is 0.338 e. The van der Waals surface area contributed by atoms with E-state index < -0.39 is 5.97 Å². The van der Waals surface area contributed by atoms with Gasteiger partial charge in [-0.1, -0.05) is 18.2 Å². The van der Waals surface area contributed by atoms with Gasteiger partial charge in [0, 0.05) is 31.4 Å². The van der Waals surface area contributed by atoms with Crippen LogP contribution in [-0.4, -0.2) is 69.5 Å². The molecule has 8 nitrogen and oxygen atoms in total. The summed E-state index contributed by atoms with van der Waals surface area (Å²) in [6, 6.07) is 12.7. The number of methoxy groups -OCH3 is 3. The highest BCUT2D eigenvalue weighted by atomic mass is 16.6. The molecule has 0 aromatic heterocycles. The van der Waals surface area contributed by atoms with Crippen LogP contribution in [-0.2, 0) is 14.3 Å². The Kier molecular flexibility index (Phi) is 7.60. The van der Waals surface area contributed by atoms with Gasteiger partial charge in [0.05, 0.1) is 32.9 Å². The molecule has 35 heavy (non-hydrogen) atoms. The number of piperidine rings is 1. The second-order valence-corrected chi connectivity index (χ2v) is 8.75. The molecule has 2 aromatic carbocycles. The van der Waals surface area contributed by atoms with Crippen molar-refractivity contribution in [3.8, 4) is 17.2 Å². The van der Waals surface area contributed by atoms with Gasteiger partial charge in [-0.3, -0.25) is 4.90 Å². The summed E-state index contributed by atoms with van der Waals surface area (Å²) < 4.78 is 27.6. The van der Waals surface area contributed by atoms with E-state index in [1.807, 2.05) is 25.2 Å². The lowest BCUT2D eigenvalue weighted by Crippen LogP contribution is -2.46. The summed E-state index contributed by atoms with van der Waals surface area (Å²) in [7, 11) is 6.65. The van der Waals surface area contributed by atoms with Gasteiger partial charge in [0.2, 0.25) is 5.75 Å². The van der Waals surface area contributed by atoms with Gasteiger partial charge in [-0.15, -0.1) is 0 Å². The number of esters is 2. The Bertz CT molecular complexity index is 1060. The Morgan fingerprint density at radius 3 is 2.23 bits per heavy atom. The van der Waals surface area contributed by atoms with E-state index >= 15 is 0 Å². The fraction of sp³-hybridized carbons (Fsp3) is 0.407. The Labute approximate surface area is 205 Å². The Hall–Kier alpha value is -3.52. The lowest BCUT2D eigenvalue weighted by Gasteiger charge is -2.36. The van der Waals surface area contributed by atoms with Gasteiger partial charge < -0.3 is 23.7 Å². The van der Waals surface area contributed by atoms with Crippen LogP contribution in [0.1, 0.15) is 35.2 Å². The summed E-state index contributed by atoms with van der Waals surface area (Å²) in [6.07, 6.45) is 4.64. The standard InChI is InChI=1S/C27H31NO7/c1-28-19-14-20(16-21(28)22(15-19)35-27(30)18-8-6-5-7-9-18)34-25(29)11-10-17-12-23(31-2)26(33-4)24(13-17)32-3/h5-13,19-22H,14-16H2,1-4H3/b11-10+/t19?,20?,21?,22-/m0/s1. The Morgan fingerprint density at radius 1 is 0.914 bits per heavy atom. The number of fused-ring (bicyclic) bond motifs is 2. The summed E-state index contributed by atoms with van der Waals surface area (Å²) in [5.74, 6) is 0.744. The van der Waals surface area contributed by atoms with Crippen LogP contribution in [0, 0.1) is 0 Å². The molecule has 0 radical (unpaired) electrons. The number of carbonyl (C=O) groups is 2. The van der Waals surface area contributed by atoms with Crippen molar-refractivity contribution in [2.75, 3.05) is 28.4 Å². The average molecular weight is 482 g/mol. The lowest BCUT2D eigenvalue weighted by molar-refractivity contribution is -0.146. The molecule has 8 heteroatoms. The number of carbonyl (C=O) groups excluding carboxylic acids is 2. The van der Waals surface area contributed by atoms with E-state index in [9.17, 15) is 9.59 Å². The molecule has 4 atom stereocenters. The molecule has 3 unspecified atom stereocenters. The number of hydrogen-bond donors (Lipinski definition) is 0. The van der Waals surface area contributed by atoms with Crippen LogP contribution in [0.5, 0.6) is 17.2 Å². The highest BCUT2D eigenvalue weighted by Gasteiger charge is 2.47. The van der Waals surface area contributed by atoms with Crippen molar-refractivity contribution < 1.29 is 33.3 Å². The van der Waals surface area contributed by atoms with Gasteiger partial charge in [-0.25, -0.2) is 9.59 Å². The third-order valence-electron chi connectivity index (χ3n) is 6.72. The third-order valence-corrected chi connectivity index (χ3v) is 6.72. The normalized spacial score (nSPS) is 23.7. The molecule has 0 spiro atoms. The summed E-state index contributed by atoms with van der Waals surface area (Å²) >= 11 is 0. The van der Waals surface area contributed by atoms with Crippen LogP contribution < -0.4 is 14.2 Å². The molecule has 0 aliphatic carbocycles. The molecule has 2 saturated heterocycles. The van der Waals surface area contributed by atoms with Gasteiger partial charge in [0.1, 0.15) is 12.2 Å². The van der Waals surface area contributed by atoms with Crippen LogP contribution in [0.15, 0.2) is 48.5 Å². The molecule has 2 heterocycles. The third kappa shape index (κ3) is 5.43. The molecular formula is C27H31NO7. The minimum atomic E-state index is -0.425. The minimum absolute atomic E-state index is 0.0123. The number of benzene rings is 2. The van der Waals surface area contributed by atoms with Crippen molar-refractivity contribution in [3.63, 3.8) is 0 Å². The van der Waals surface area contributed by atoms with Gasteiger partial charge in [0.25, 0.3) is 0 Å². The Balaban J connectivity index is 1.37. The van der Waals surface area contributed by atoms with Gasteiger partial charge in [0.15, 0.2) is 11.5 Å². The number of nitrogens with zero attached hydrogens (tertiary/aromatic N) is 1. The van der Waals surface area contributed by atoms with Crippen LogP contribution in [0.2, 0.25) is 0 Å². The quantitative estimate of drug-likeness (QED) is 0.417. The van der Waals surface area contributed by atoms with Crippen molar-refractivity contribution in [1.29, 1.82) is 0 Å². The molecule has 0 saturated carbocycles. The highest BCUT2D eigenvalue weighted by Crippen LogP contribution is 2.39. The maximum absolute atomic E-state index is 12.6. The average Bonchev–Trinajstić information content (AvgIpc) is 3.03. The van der Waals surface area contributed by atoms with E-state index in [4.69, 9.17) is 23.7 Å². The van der Waals surface area contributed by atoms with Crippen LogP contribution >= 0.6 is 0 Å². The highest BCUT2D eigenvalue weighted by molar-refractivity contribution is 5.89. The second kappa shape index (κ2) is 10.8. The van der Waals surface area contributed by atoms with E-state index in [1.165, 1.54) is 27.4 Å². The zero-order chi connectivity index (χ0) is 24.9. The van der Waals surface area contributed by atoms with Gasteiger partial charge in [-0.2, -0.15) is 0 Å². The number of hydrogen-bond acceptors (Lipinski definition) is 8. The lowest BCUT2D eigenvalue weighted by atomic mass is 10.0. The summed E-state index contributed by atoms with van der Waals surface area (Å²) in [6.45, 7) is 0. The first-order valence-corrected chi connectivity index (χ1v) is 11.6. The molecule has 2 aliphatic rings. The number of likely N-dealkylation sites (N-methyl/N-ethyl adjacent to an activating group) is 1. The molecule has 0 N–H and O–H groups in total. The van der Waals surface area contributed by atoms with Gasteiger partial charge in [-0.05, 0) is 43.0 Å². The second-order valence-electron chi connectivity index (χ2n) is 8.75. The molecule has 2 aromatic rings. The fourth-order valence-corrected chi connectivity index (χ4v) is 4.94. The minimum Gasteiger partial charge on any atom is -0.493 e. The molecule has 0 amide bonds. The van der Waals surface area contributed by atoms with Crippen molar-refractivity contribution in [3.05, 3.63) is 59.7 Å². The number of ether oxygens (including phenoxy) is 5. The first kappa shape index (κ1) is 24.6. The molecule has 186 valence electrons. The molecule has 2 fully saturated rings. The van der Waals surface area contributed by atoms with Crippen molar-refractivity contribution in [1.82, 2.24) is 4.90 Å². The van der Waals surface area contributed by atoms with Crippen molar-refractivity contribution in [2.45, 2.75) is 43.6 Å². The predicted octanol–water partition coefficient (Wildman–Crippen LogP) is 3.73. The summed E-state index contributed by atoms with van der Waals surface area (Å²) in [4.78, 5) is 27.4. The fourth-order valence-electron chi connectivity index (χ4n) is 4.94. The van der Waals surface area contributed by atoms with E-state index in [0.717, 1.165) is 6.42 Å². The zero-order valence-corrected chi connectivity index (χ0v) is 20.4. The Morgan fingerprint density at radius 2 is 1.60 bits per heavy atom. The van der Waals surface area contributed by atoms with Gasteiger partial charge >= 0.3 is 11.9 Å². The molecule has 2 aliphatic heterocycles. The first-order valence-electron chi connectivity index (χ1n) is 11.6.